The molecule has 2 aromatic heterocycles. The van der Waals surface area contributed by atoms with Crippen LogP contribution in [0.25, 0.3) is 22.4 Å². The number of ether oxygens (including phenoxy) is 2. The maximum Gasteiger partial charge on any atom is 0.155 e. The predicted octanol–water partition coefficient (Wildman–Crippen LogP) is 3.40. The SMILES string of the molecule is COc1cc(OC)cc(N(CC2CC2)c2ccc3ncc(-c4cnn(CO)n4)nc3c2)c1. The van der Waals surface area contributed by atoms with E-state index in [4.69, 9.17) is 14.5 Å². The zero-order valence-corrected chi connectivity index (χ0v) is 18.0. The van der Waals surface area contributed by atoms with Crippen molar-refractivity contribution in [2.45, 2.75) is 19.6 Å². The number of fused-ring (bicyclic) bond motifs is 1. The minimum Gasteiger partial charge on any atom is -0.497 e. The molecule has 0 unspecified atom stereocenters. The first-order chi connectivity index (χ1) is 15.7. The van der Waals surface area contributed by atoms with E-state index in [1.807, 2.05) is 30.3 Å². The minimum atomic E-state index is -0.286. The molecule has 9 nitrogen and oxygen atoms in total. The van der Waals surface area contributed by atoms with Gasteiger partial charge < -0.3 is 19.5 Å². The summed E-state index contributed by atoms with van der Waals surface area (Å²) in [5, 5.41) is 17.4. The molecule has 2 heterocycles. The summed E-state index contributed by atoms with van der Waals surface area (Å²) in [4.78, 5) is 12.8. The summed E-state index contributed by atoms with van der Waals surface area (Å²) in [6.07, 6.45) is 5.70. The average molecular weight is 432 g/mol. The molecule has 0 atom stereocenters. The van der Waals surface area contributed by atoms with Crippen molar-refractivity contribution in [3.8, 4) is 22.9 Å². The Morgan fingerprint density at radius 2 is 1.75 bits per heavy atom. The van der Waals surface area contributed by atoms with Crippen LogP contribution in [-0.4, -0.2) is 50.8 Å². The monoisotopic (exact) mass is 432 g/mol. The van der Waals surface area contributed by atoms with E-state index < -0.39 is 0 Å². The number of hydrogen-bond donors (Lipinski definition) is 1. The second kappa shape index (κ2) is 8.43. The van der Waals surface area contributed by atoms with E-state index in [9.17, 15) is 5.11 Å². The lowest BCUT2D eigenvalue weighted by atomic mass is 10.1. The molecule has 0 spiro atoms. The number of nitrogens with zero attached hydrogens (tertiary/aromatic N) is 6. The minimum absolute atomic E-state index is 0.286. The highest BCUT2D eigenvalue weighted by molar-refractivity contribution is 5.82. The fourth-order valence-electron chi connectivity index (χ4n) is 3.64. The predicted molar refractivity (Wildman–Crippen MR) is 120 cm³/mol. The highest BCUT2D eigenvalue weighted by atomic mass is 16.5. The van der Waals surface area contributed by atoms with Crippen molar-refractivity contribution in [3.05, 3.63) is 48.8 Å². The topological polar surface area (TPSA) is 98.4 Å². The van der Waals surface area contributed by atoms with Gasteiger partial charge in [0.1, 0.15) is 22.9 Å². The van der Waals surface area contributed by atoms with Crippen molar-refractivity contribution in [2.75, 3.05) is 25.7 Å². The number of aliphatic hydroxyl groups excluding tert-OH is 1. The Hall–Kier alpha value is -3.72. The fraction of sp³-hybridized carbons (Fsp3) is 0.304. The Labute approximate surface area is 185 Å². The Bertz CT molecular complexity index is 1230. The number of anilines is 2. The standard InChI is InChI=1S/C23H24N6O3/c1-31-18-7-17(8-19(10-18)32-2)28(13-15-3-4-15)16-5-6-20-21(9-16)26-22(11-24-20)23-12-25-29(14-30)27-23/h5-12,15,30H,3-4,13-14H2,1-2H3. The van der Waals surface area contributed by atoms with Gasteiger partial charge in [-0.05, 0) is 37.0 Å². The number of benzene rings is 2. The summed E-state index contributed by atoms with van der Waals surface area (Å²) in [6, 6.07) is 12.0. The van der Waals surface area contributed by atoms with E-state index in [1.165, 1.54) is 17.6 Å². The van der Waals surface area contributed by atoms with E-state index in [0.717, 1.165) is 40.5 Å². The number of aromatic nitrogens is 5. The van der Waals surface area contributed by atoms with E-state index in [-0.39, 0.29) is 6.73 Å². The normalized spacial score (nSPS) is 13.3. The van der Waals surface area contributed by atoms with Gasteiger partial charge in [0.25, 0.3) is 0 Å². The van der Waals surface area contributed by atoms with Gasteiger partial charge in [0, 0.05) is 36.1 Å². The smallest absolute Gasteiger partial charge is 0.155 e. The van der Waals surface area contributed by atoms with Crippen molar-refractivity contribution < 1.29 is 14.6 Å². The molecule has 1 saturated carbocycles. The van der Waals surface area contributed by atoms with Crippen molar-refractivity contribution >= 4 is 22.4 Å². The van der Waals surface area contributed by atoms with Gasteiger partial charge in [-0.25, -0.2) is 4.98 Å². The Morgan fingerprint density at radius 3 is 2.41 bits per heavy atom. The summed E-state index contributed by atoms with van der Waals surface area (Å²) >= 11 is 0. The average Bonchev–Trinajstić information content (AvgIpc) is 3.54. The van der Waals surface area contributed by atoms with Gasteiger partial charge in [-0.3, -0.25) is 4.98 Å². The lowest BCUT2D eigenvalue weighted by Gasteiger charge is -2.26. The van der Waals surface area contributed by atoms with Gasteiger partial charge in [-0.1, -0.05) is 0 Å². The molecule has 164 valence electrons. The summed E-state index contributed by atoms with van der Waals surface area (Å²) in [5.74, 6) is 2.15. The lowest BCUT2D eigenvalue weighted by Crippen LogP contribution is -2.20. The molecule has 32 heavy (non-hydrogen) atoms. The second-order valence-electron chi connectivity index (χ2n) is 7.80. The van der Waals surface area contributed by atoms with Crippen LogP contribution in [0.1, 0.15) is 12.8 Å². The van der Waals surface area contributed by atoms with E-state index in [2.05, 4.69) is 26.1 Å². The van der Waals surface area contributed by atoms with Crippen LogP contribution < -0.4 is 14.4 Å². The molecule has 1 fully saturated rings. The zero-order valence-electron chi connectivity index (χ0n) is 18.0. The molecule has 0 bridgehead atoms. The molecule has 0 saturated heterocycles. The molecule has 5 rings (SSSR count). The van der Waals surface area contributed by atoms with E-state index in [1.54, 1.807) is 26.6 Å². The molecular formula is C23H24N6O3. The number of hydrogen-bond acceptors (Lipinski definition) is 8. The number of aliphatic hydroxyl groups is 1. The fourth-order valence-corrected chi connectivity index (χ4v) is 3.64. The van der Waals surface area contributed by atoms with Crippen LogP contribution in [0.15, 0.2) is 48.8 Å². The van der Waals surface area contributed by atoms with Crippen molar-refractivity contribution in [1.82, 2.24) is 25.0 Å². The van der Waals surface area contributed by atoms with Crippen LogP contribution >= 0.6 is 0 Å². The van der Waals surface area contributed by atoms with Crippen LogP contribution in [0.4, 0.5) is 11.4 Å². The Balaban J connectivity index is 1.56. The summed E-state index contributed by atoms with van der Waals surface area (Å²) < 4.78 is 11.0. The molecule has 0 aliphatic heterocycles. The first-order valence-electron chi connectivity index (χ1n) is 10.5. The first kappa shape index (κ1) is 20.2. The van der Waals surface area contributed by atoms with Crippen LogP contribution in [0.3, 0.4) is 0 Å². The van der Waals surface area contributed by atoms with Gasteiger partial charge in [-0.2, -0.15) is 9.90 Å². The summed E-state index contributed by atoms with van der Waals surface area (Å²) in [7, 11) is 3.31. The Morgan fingerprint density at radius 1 is 0.969 bits per heavy atom. The largest absolute Gasteiger partial charge is 0.497 e. The van der Waals surface area contributed by atoms with Crippen molar-refractivity contribution in [1.29, 1.82) is 0 Å². The molecule has 4 aromatic rings. The maximum absolute atomic E-state index is 9.21. The zero-order chi connectivity index (χ0) is 22.1. The third-order valence-electron chi connectivity index (χ3n) is 5.55. The maximum atomic E-state index is 9.21. The third-order valence-corrected chi connectivity index (χ3v) is 5.55. The molecule has 0 radical (unpaired) electrons. The first-order valence-corrected chi connectivity index (χ1v) is 10.5. The second-order valence-corrected chi connectivity index (χ2v) is 7.80. The molecule has 2 aromatic carbocycles. The molecule has 1 aliphatic carbocycles. The summed E-state index contributed by atoms with van der Waals surface area (Å²) in [5.41, 5.74) is 4.74. The number of rotatable bonds is 8. The number of methoxy groups -OCH3 is 2. The van der Waals surface area contributed by atoms with Crippen LogP contribution in [-0.2, 0) is 6.73 Å². The van der Waals surface area contributed by atoms with Gasteiger partial charge in [0.15, 0.2) is 6.73 Å². The van der Waals surface area contributed by atoms with Crippen LogP contribution in [0.2, 0.25) is 0 Å². The van der Waals surface area contributed by atoms with Gasteiger partial charge >= 0.3 is 0 Å². The molecule has 1 aliphatic rings. The van der Waals surface area contributed by atoms with Gasteiger partial charge in [0.2, 0.25) is 0 Å². The molecule has 1 N–H and O–H groups in total. The Kier molecular flexibility index (Phi) is 5.32. The quantitative estimate of drug-likeness (QED) is 0.452. The van der Waals surface area contributed by atoms with Crippen LogP contribution in [0.5, 0.6) is 11.5 Å². The summed E-state index contributed by atoms with van der Waals surface area (Å²) in [6.45, 7) is 0.616. The van der Waals surface area contributed by atoms with E-state index >= 15 is 0 Å². The van der Waals surface area contributed by atoms with Gasteiger partial charge in [-0.15, -0.1) is 5.10 Å². The molecular weight excluding hydrogens is 408 g/mol. The third kappa shape index (κ3) is 4.06. The lowest BCUT2D eigenvalue weighted by molar-refractivity contribution is 0.178. The highest BCUT2D eigenvalue weighted by Gasteiger charge is 2.26. The van der Waals surface area contributed by atoms with E-state index in [0.29, 0.717) is 17.3 Å². The van der Waals surface area contributed by atoms with Crippen molar-refractivity contribution in [3.63, 3.8) is 0 Å². The van der Waals surface area contributed by atoms with Crippen molar-refractivity contribution in [2.24, 2.45) is 5.92 Å². The van der Waals surface area contributed by atoms with Gasteiger partial charge in [0.05, 0.1) is 37.6 Å². The highest BCUT2D eigenvalue weighted by Crippen LogP contribution is 2.38. The van der Waals surface area contributed by atoms with Crippen LogP contribution in [0, 0.1) is 5.92 Å². The molecule has 9 heteroatoms. The molecule has 0 amide bonds.